The van der Waals surface area contributed by atoms with Gasteiger partial charge in [-0.1, -0.05) is 35.2 Å². The Morgan fingerprint density at radius 3 is 2.83 bits per heavy atom. The average molecular weight is 355 g/mol. The second-order valence-electron chi connectivity index (χ2n) is 4.17. The van der Waals surface area contributed by atoms with Crippen LogP contribution < -0.4 is 16.0 Å². The summed E-state index contributed by atoms with van der Waals surface area (Å²) in [6.07, 6.45) is 0. The van der Waals surface area contributed by atoms with Gasteiger partial charge in [-0.05, 0) is 19.1 Å². The standard InChI is InChI=1S/C13H14FN5O2S2/c1-2-15-12-18-19-13(23-12)22-7-10(20)17-11(21)16-9-6-4-3-5-8(9)14/h3-6H,2,7H2,1H3,(H,15,18)(H2,16,17,20,21). The lowest BCUT2D eigenvalue weighted by Crippen LogP contribution is -2.35. The first-order chi connectivity index (χ1) is 11.1. The first-order valence-electron chi connectivity index (χ1n) is 6.64. The smallest absolute Gasteiger partial charge is 0.325 e. The summed E-state index contributed by atoms with van der Waals surface area (Å²) < 4.78 is 14.0. The summed E-state index contributed by atoms with van der Waals surface area (Å²) in [5.41, 5.74) is 0.00450. The van der Waals surface area contributed by atoms with Gasteiger partial charge in [0.25, 0.3) is 0 Å². The predicted molar refractivity (Wildman–Crippen MR) is 88.4 cm³/mol. The lowest BCUT2D eigenvalue weighted by molar-refractivity contribution is -0.117. The molecule has 3 amide bonds. The Balaban J connectivity index is 1.77. The fourth-order valence-corrected chi connectivity index (χ4v) is 3.12. The lowest BCUT2D eigenvalue weighted by atomic mass is 10.3. The number of imide groups is 1. The van der Waals surface area contributed by atoms with E-state index in [4.69, 9.17) is 0 Å². The van der Waals surface area contributed by atoms with Crippen LogP contribution in [0, 0.1) is 5.82 Å². The second kappa shape index (κ2) is 8.44. The van der Waals surface area contributed by atoms with E-state index in [0.29, 0.717) is 9.47 Å². The van der Waals surface area contributed by atoms with E-state index in [1.54, 1.807) is 6.07 Å². The fourth-order valence-electron chi connectivity index (χ4n) is 1.50. The highest BCUT2D eigenvalue weighted by molar-refractivity contribution is 8.01. The summed E-state index contributed by atoms with van der Waals surface area (Å²) in [6, 6.07) is 4.91. The van der Waals surface area contributed by atoms with E-state index in [1.165, 1.54) is 41.3 Å². The number of carbonyl (C=O) groups is 2. The molecule has 3 N–H and O–H groups in total. The molecule has 1 aromatic heterocycles. The number of rotatable bonds is 6. The highest BCUT2D eigenvalue weighted by Crippen LogP contribution is 2.24. The minimum Gasteiger partial charge on any atom is -0.360 e. The Labute approximate surface area is 140 Å². The van der Waals surface area contributed by atoms with Gasteiger partial charge < -0.3 is 10.6 Å². The first kappa shape index (κ1) is 17.2. The molecular weight excluding hydrogens is 341 g/mol. The van der Waals surface area contributed by atoms with Gasteiger partial charge in [-0.3, -0.25) is 10.1 Å². The van der Waals surface area contributed by atoms with Crippen molar-refractivity contribution in [1.82, 2.24) is 15.5 Å². The van der Waals surface area contributed by atoms with E-state index in [1.807, 2.05) is 6.92 Å². The van der Waals surface area contributed by atoms with Crippen molar-refractivity contribution in [3.8, 4) is 0 Å². The molecule has 0 spiro atoms. The molecule has 0 atom stereocenters. The molecule has 0 saturated carbocycles. The maximum absolute atomic E-state index is 13.4. The summed E-state index contributed by atoms with van der Waals surface area (Å²) in [6.45, 7) is 2.67. The Hall–Kier alpha value is -2.20. The molecule has 7 nitrogen and oxygen atoms in total. The molecule has 0 unspecified atom stereocenters. The number of halogens is 1. The third-order valence-corrected chi connectivity index (χ3v) is 4.45. The number of nitrogens with one attached hydrogen (secondary N) is 3. The van der Waals surface area contributed by atoms with Crippen molar-refractivity contribution in [1.29, 1.82) is 0 Å². The van der Waals surface area contributed by atoms with Crippen molar-refractivity contribution in [2.45, 2.75) is 11.3 Å². The zero-order valence-corrected chi connectivity index (χ0v) is 13.8. The Kier molecular flexibility index (Phi) is 6.29. The van der Waals surface area contributed by atoms with Crippen molar-refractivity contribution < 1.29 is 14.0 Å². The van der Waals surface area contributed by atoms with Crippen LogP contribution in [0.2, 0.25) is 0 Å². The maximum Gasteiger partial charge on any atom is 0.325 e. The molecule has 0 fully saturated rings. The topological polar surface area (TPSA) is 96.0 Å². The SMILES string of the molecule is CCNc1nnc(SCC(=O)NC(=O)Nc2ccccc2F)s1. The number of urea groups is 1. The number of thioether (sulfide) groups is 1. The minimum absolute atomic E-state index is 0.00450. The summed E-state index contributed by atoms with van der Waals surface area (Å²) >= 11 is 2.49. The number of para-hydroxylation sites is 1. The number of carbonyl (C=O) groups excluding carboxylic acids is 2. The van der Waals surface area contributed by atoms with Crippen LogP contribution in [0.15, 0.2) is 28.6 Å². The number of aromatic nitrogens is 2. The van der Waals surface area contributed by atoms with E-state index in [0.717, 1.165) is 6.54 Å². The molecule has 1 heterocycles. The quantitative estimate of drug-likeness (QED) is 0.689. The average Bonchev–Trinajstić information content (AvgIpc) is 2.96. The lowest BCUT2D eigenvalue weighted by Gasteiger charge is -2.06. The molecule has 0 aliphatic carbocycles. The first-order valence-corrected chi connectivity index (χ1v) is 8.44. The van der Waals surface area contributed by atoms with Gasteiger partial charge in [-0.15, -0.1) is 10.2 Å². The van der Waals surface area contributed by atoms with Crippen molar-refractivity contribution in [2.75, 3.05) is 22.9 Å². The van der Waals surface area contributed by atoms with Crippen LogP contribution in [0.4, 0.5) is 20.0 Å². The highest BCUT2D eigenvalue weighted by Gasteiger charge is 2.12. The van der Waals surface area contributed by atoms with Crippen molar-refractivity contribution in [2.24, 2.45) is 0 Å². The number of hydrogen-bond acceptors (Lipinski definition) is 7. The van der Waals surface area contributed by atoms with E-state index < -0.39 is 17.8 Å². The number of amides is 3. The molecule has 2 aromatic rings. The van der Waals surface area contributed by atoms with Crippen LogP contribution in [0.25, 0.3) is 0 Å². The maximum atomic E-state index is 13.4. The van der Waals surface area contributed by atoms with Gasteiger partial charge in [0.2, 0.25) is 11.0 Å². The van der Waals surface area contributed by atoms with Gasteiger partial charge in [-0.2, -0.15) is 0 Å². The van der Waals surface area contributed by atoms with Gasteiger partial charge in [0, 0.05) is 6.54 Å². The molecule has 1 aromatic carbocycles. The van der Waals surface area contributed by atoms with Crippen molar-refractivity contribution in [3.05, 3.63) is 30.1 Å². The van der Waals surface area contributed by atoms with Gasteiger partial charge >= 0.3 is 6.03 Å². The summed E-state index contributed by atoms with van der Waals surface area (Å²) in [5, 5.41) is 15.9. The molecular formula is C13H14FN5O2S2. The number of anilines is 2. The fraction of sp³-hybridized carbons (Fsp3) is 0.231. The van der Waals surface area contributed by atoms with Crippen molar-refractivity contribution >= 4 is 45.9 Å². The molecule has 0 saturated heterocycles. The van der Waals surface area contributed by atoms with E-state index >= 15 is 0 Å². The van der Waals surface area contributed by atoms with E-state index in [-0.39, 0.29) is 11.4 Å². The van der Waals surface area contributed by atoms with Gasteiger partial charge in [0.05, 0.1) is 11.4 Å². The molecule has 0 aliphatic rings. The molecule has 0 aliphatic heterocycles. The normalized spacial score (nSPS) is 10.2. The van der Waals surface area contributed by atoms with E-state index in [9.17, 15) is 14.0 Å². The molecule has 23 heavy (non-hydrogen) atoms. The molecule has 10 heteroatoms. The van der Waals surface area contributed by atoms with Crippen LogP contribution in [0.3, 0.4) is 0 Å². The Morgan fingerprint density at radius 2 is 2.09 bits per heavy atom. The van der Waals surface area contributed by atoms with Crippen LogP contribution in [-0.2, 0) is 4.79 Å². The molecule has 0 radical (unpaired) electrons. The van der Waals surface area contributed by atoms with Crippen molar-refractivity contribution in [3.63, 3.8) is 0 Å². The van der Waals surface area contributed by atoms with Crippen LogP contribution in [-0.4, -0.2) is 34.4 Å². The predicted octanol–water partition coefficient (Wildman–Crippen LogP) is 2.55. The van der Waals surface area contributed by atoms with Crippen LogP contribution in [0.5, 0.6) is 0 Å². The largest absolute Gasteiger partial charge is 0.360 e. The zero-order valence-electron chi connectivity index (χ0n) is 12.1. The van der Waals surface area contributed by atoms with Gasteiger partial charge in [0.15, 0.2) is 4.34 Å². The third-order valence-electron chi connectivity index (χ3n) is 2.44. The third kappa shape index (κ3) is 5.49. The van der Waals surface area contributed by atoms with Crippen LogP contribution in [0.1, 0.15) is 6.92 Å². The monoisotopic (exact) mass is 355 g/mol. The zero-order chi connectivity index (χ0) is 16.7. The number of hydrogen-bond donors (Lipinski definition) is 3. The van der Waals surface area contributed by atoms with E-state index in [2.05, 4.69) is 26.1 Å². The summed E-state index contributed by atoms with van der Waals surface area (Å²) in [7, 11) is 0. The summed E-state index contributed by atoms with van der Waals surface area (Å²) in [4.78, 5) is 23.3. The Bertz CT molecular complexity index is 695. The molecule has 0 bridgehead atoms. The molecule has 122 valence electrons. The second-order valence-corrected chi connectivity index (χ2v) is 6.37. The van der Waals surface area contributed by atoms with Gasteiger partial charge in [0.1, 0.15) is 5.82 Å². The van der Waals surface area contributed by atoms with Gasteiger partial charge in [-0.25, -0.2) is 9.18 Å². The number of nitrogens with zero attached hydrogens (tertiary/aromatic N) is 2. The summed E-state index contributed by atoms with van der Waals surface area (Å²) in [5.74, 6) is -1.08. The minimum atomic E-state index is -0.786. The number of benzene rings is 1. The highest BCUT2D eigenvalue weighted by atomic mass is 32.2. The molecule has 2 rings (SSSR count). The Morgan fingerprint density at radius 1 is 1.30 bits per heavy atom. The van der Waals surface area contributed by atoms with Crippen LogP contribution >= 0.6 is 23.1 Å².